The molecule has 2 amide bonds. The van der Waals surface area contributed by atoms with Gasteiger partial charge in [-0.1, -0.05) is 18.2 Å². The molecule has 1 saturated heterocycles. The van der Waals surface area contributed by atoms with E-state index in [0.717, 1.165) is 0 Å². The maximum absolute atomic E-state index is 12.1. The molecule has 1 heterocycles. The lowest BCUT2D eigenvalue weighted by molar-refractivity contribution is -0.143. The highest BCUT2D eigenvalue weighted by Crippen LogP contribution is 2.11. The zero-order chi connectivity index (χ0) is 15.2. The average molecular weight is 290 g/mol. The van der Waals surface area contributed by atoms with Crippen molar-refractivity contribution < 1.29 is 14.3 Å². The van der Waals surface area contributed by atoms with Crippen LogP contribution in [-0.4, -0.2) is 48.6 Å². The fourth-order valence-corrected chi connectivity index (χ4v) is 2.51. The van der Waals surface area contributed by atoms with Gasteiger partial charge in [0.2, 0.25) is 5.91 Å². The Kier molecular flexibility index (Phi) is 5.33. The summed E-state index contributed by atoms with van der Waals surface area (Å²) >= 11 is 0. The first kappa shape index (κ1) is 15.5. The van der Waals surface area contributed by atoms with Gasteiger partial charge in [0.15, 0.2) is 0 Å². The Hall–Kier alpha value is -1.88. The lowest BCUT2D eigenvalue weighted by Gasteiger charge is -2.35. The third-order valence-electron chi connectivity index (χ3n) is 3.43. The number of ether oxygens (including phenoxy) is 1. The summed E-state index contributed by atoms with van der Waals surface area (Å²) < 4.78 is 5.60. The number of rotatable bonds is 4. The number of hydrogen-bond donors (Lipinski definition) is 1. The van der Waals surface area contributed by atoms with Crippen LogP contribution in [0.4, 0.5) is 0 Å². The quantitative estimate of drug-likeness (QED) is 0.913. The molecule has 0 saturated carbocycles. The molecule has 2 rings (SSSR count). The van der Waals surface area contributed by atoms with E-state index in [1.54, 1.807) is 12.1 Å². The molecule has 0 radical (unpaired) electrons. The van der Waals surface area contributed by atoms with Gasteiger partial charge in [-0.15, -0.1) is 0 Å². The van der Waals surface area contributed by atoms with Gasteiger partial charge in [-0.3, -0.25) is 9.59 Å². The summed E-state index contributed by atoms with van der Waals surface area (Å²) in [6.07, 6.45) is 0.450. The van der Waals surface area contributed by atoms with E-state index >= 15 is 0 Å². The molecule has 2 unspecified atom stereocenters. The second kappa shape index (κ2) is 7.22. The van der Waals surface area contributed by atoms with Crippen LogP contribution >= 0.6 is 0 Å². The van der Waals surface area contributed by atoms with Crippen LogP contribution in [0, 0.1) is 0 Å². The van der Waals surface area contributed by atoms with Gasteiger partial charge in [-0.2, -0.15) is 0 Å². The number of benzene rings is 1. The first-order chi connectivity index (χ1) is 10.1. The van der Waals surface area contributed by atoms with Gasteiger partial charge in [0.05, 0.1) is 12.2 Å². The molecule has 0 bridgehead atoms. The molecule has 1 fully saturated rings. The predicted molar refractivity (Wildman–Crippen MR) is 80.0 cm³/mol. The summed E-state index contributed by atoms with van der Waals surface area (Å²) in [4.78, 5) is 25.8. The van der Waals surface area contributed by atoms with E-state index in [1.165, 1.54) is 0 Å². The highest BCUT2D eigenvalue weighted by molar-refractivity contribution is 5.94. The van der Waals surface area contributed by atoms with Crippen molar-refractivity contribution in [3.05, 3.63) is 35.9 Å². The smallest absolute Gasteiger partial charge is 0.251 e. The van der Waals surface area contributed by atoms with Gasteiger partial charge in [0.25, 0.3) is 5.91 Å². The van der Waals surface area contributed by atoms with Gasteiger partial charge >= 0.3 is 0 Å². The number of amides is 2. The van der Waals surface area contributed by atoms with E-state index < -0.39 is 0 Å². The normalized spacial score (nSPS) is 21.9. The second-order valence-electron chi connectivity index (χ2n) is 5.43. The van der Waals surface area contributed by atoms with Crippen molar-refractivity contribution in [1.29, 1.82) is 0 Å². The van der Waals surface area contributed by atoms with Gasteiger partial charge in [-0.25, -0.2) is 0 Å². The van der Waals surface area contributed by atoms with Gasteiger partial charge in [0.1, 0.15) is 0 Å². The Bertz CT molecular complexity index is 480. The van der Waals surface area contributed by atoms with E-state index in [1.807, 2.05) is 36.9 Å². The first-order valence-corrected chi connectivity index (χ1v) is 7.32. The molecular weight excluding hydrogens is 268 g/mol. The number of nitrogens with one attached hydrogen (secondary N) is 1. The number of carbonyl (C=O) groups excluding carboxylic acids is 2. The van der Waals surface area contributed by atoms with Crippen molar-refractivity contribution in [1.82, 2.24) is 10.2 Å². The number of nitrogens with zero attached hydrogens (tertiary/aromatic N) is 1. The van der Waals surface area contributed by atoms with Crippen molar-refractivity contribution in [2.75, 3.05) is 19.6 Å². The van der Waals surface area contributed by atoms with Crippen LogP contribution < -0.4 is 5.32 Å². The van der Waals surface area contributed by atoms with Gasteiger partial charge < -0.3 is 15.0 Å². The van der Waals surface area contributed by atoms with Gasteiger partial charge in [-0.05, 0) is 26.0 Å². The van der Waals surface area contributed by atoms with Crippen molar-refractivity contribution >= 4 is 11.8 Å². The summed E-state index contributed by atoms with van der Waals surface area (Å²) in [5.41, 5.74) is 0.610. The minimum absolute atomic E-state index is 0.0605. The fraction of sp³-hybridized carbons (Fsp3) is 0.500. The van der Waals surface area contributed by atoms with Crippen LogP contribution in [0.25, 0.3) is 0 Å². The molecule has 0 aromatic heterocycles. The summed E-state index contributed by atoms with van der Waals surface area (Å²) in [5.74, 6) is -0.0857. The minimum Gasteiger partial charge on any atom is -0.372 e. The lowest BCUT2D eigenvalue weighted by Crippen LogP contribution is -2.48. The molecule has 5 nitrogen and oxygen atoms in total. The van der Waals surface area contributed by atoms with E-state index in [4.69, 9.17) is 4.74 Å². The van der Waals surface area contributed by atoms with Crippen molar-refractivity contribution in [3.8, 4) is 0 Å². The predicted octanol–water partition coefficient (Wildman–Crippen LogP) is 1.44. The fourth-order valence-electron chi connectivity index (χ4n) is 2.51. The van der Waals surface area contributed by atoms with Gasteiger partial charge in [0, 0.05) is 31.6 Å². The topological polar surface area (TPSA) is 58.6 Å². The first-order valence-electron chi connectivity index (χ1n) is 7.32. The van der Waals surface area contributed by atoms with Crippen molar-refractivity contribution in [2.24, 2.45) is 0 Å². The minimum atomic E-state index is -0.146. The van der Waals surface area contributed by atoms with Crippen molar-refractivity contribution in [2.45, 2.75) is 32.5 Å². The number of morpholine rings is 1. The second-order valence-corrected chi connectivity index (χ2v) is 5.43. The van der Waals surface area contributed by atoms with Crippen LogP contribution in [0.2, 0.25) is 0 Å². The Balaban J connectivity index is 1.75. The molecule has 21 heavy (non-hydrogen) atoms. The Morgan fingerprint density at radius 1 is 1.19 bits per heavy atom. The number of hydrogen-bond acceptors (Lipinski definition) is 3. The van der Waals surface area contributed by atoms with Crippen molar-refractivity contribution in [3.63, 3.8) is 0 Å². The van der Waals surface area contributed by atoms with Crippen LogP contribution in [0.5, 0.6) is 0 Å². The van der Waals surface area contributed by atoms with Crippen LogP contribution in [0.1, 0.15) is 30.6 Å². The SMILES string of the molecule is CC1CN(C(=O)CCNC(=O)c2ccccc2)CC(C)O1. The molecule has 2 atom stereocenters. The lowest BCUT2D eigenvalue weighted by atomic mass is 10.2. The Labute approximate surface area is 125 Å². The molecule has 5 heteroatoms. The molecule has 0 spiro atoms. The highest BCUT2D eigenvalue weighted by Gasteiger charge is 2.25. The highest BCUT2D eigenvalue weighted by atomic mass is 16.5. The third kappa shape index (κ3) is 4.56. The number of carbonyl (C=O) groups is 2. The van der Waals surface area contributed by atoms with E-state index in [0.29, 0.717) is 31.6 Å². The molecule has 114 valence electrons. The Morgan fingerprint density at radius 2 is 1.81 bits per heavy atom. The zero-order valence-corrected chi connectivity index (χ0v) is 12.5. The van der Waals surface area contributed by atoms with Crippen LogP contribution in [0.3, 0.4) is 0 Å². The van der Waals surface area contributed by atoms with Crippen LogP contribution in [-0.2, 0) is 9.53 Å². The summed E-state index contributed by atoms with van der Waals surface area (Å²) in [7, 11) is 0. The molecule has 1 aliphatic heterocycles. The maximum atomic E-state index is 12.1. The monoisotopic (exact) mass is 290 g/mol. The largest absolute Gasteiger partial charge is 0.372 e. The third-order valence-corrected chi connectivity index (χ3v) is 3.43. The molecule has 1 N–H and O–H groups in total. The molecule has 1 aromatic carbocycles. The molecule has 1 aromatic rings. The summed E-state index contributed by atoms with van der Waals surface area (Å²) in [6.45, 7) is 5.53. The summed E-state index contributed by atoms with van der Waals surface area (Å²) in [6, 6.07) is 9.00. The maximum Gasteiger partial charge on any atom is 0.251 e. The zero-order valence-electron chi connectivity index (χ0n) is 12.5. The Morgan fingerprint density at radius 3 is 2.43 bits per heavy atom. The standard InChI is InChI=1S/C16H22N2O3/c1-12-10-18(11-13(2)21-12)15(19)8-9-17-16(20)14-6-4-3-5-7-14/h3-7,12-13H,8-11H2,1-2H3,(H,17,20). The van der Waals surface area contributed by atoms with Crippen LogP contribution in [0.15, 0.2) is 30.3 Å². The molecule has 1 aliphatic rings. The van der Waals surface area contributed by atoms with E-state index in [-0.39, 0.29) is 24.0 Å². The summed E-state index contributed by atoms with van der Waals surface area (Å²) in [5, 5.41) is 2.77. The average Bonchev–Trinajstić information content (AvgIpc) is 2.47. The molecular formula is C16H22N2O3. The van der Waals surface area contributed by atoms with E-state index in [9.17, 15) is 9.59 Å². The van der Waals surface area contributed by atoms with E-state index in [2.05, 4.69) is 5.32 Å². The molecule has 0 aliphatic carbocycles.